The zero-order valence-corrected chi connectivity index (χ0v) is 9.01. The molecule has 0 saturated heterocycles. The number of rotatable bonds is 7. The Morgan fingerprint density at radius 1 is 1.29 bits per heavy atom. The highest BCUT2D eigenvalue weighted by atomic mass is 32.2. The van der Waals surface area contributed by atoms with E-state index in [4.69, 9.17) is 0 Å². The Balaban J connectivity index is 3.25. The molecule has 0 bridgehead atoms. The van der Waals surface area contributed by atoms with E-state index >= 15 is 0 Å². The van der Waals surface area contributed by atoms with Gasteiger partial charge in [-0.15, -0.1) is 0 Å². The number of unbranched alkanes of at least 4 members (excludes halogenated alkanes) is 2. The van der Waals surface area contributed by atoms with E-state index in [1.54, 1.807) is 0 Å². The molecule has 1 nitrogen and oxygen atoms in total. The van der Waals surface area contributed by atoms with Gasteiger partial charge in [-0.3, -0.25) is 4.79 Å². The van der Waals surface area contributed by atoms with Crippen molar-refractivity contribution in [3.63, 3.8) is 0 Å². The lowest BCUT2D eigenvalue weighted by molar-refractivity contribution is -0.109. The van der Waals surface area contributed by atoms with E-state index in [0.717, 1.165) is 6.42 Å². The van der Waals surface area contributed by atoms with Gasteiger partial charge in [0.05, 0.1) is 0 Å². The summed E-state index contributed by atoms with van der Waals surface area (Å²) >= 11 is 1.19. The zero-order chi connectivity index (χ0) is 11.0. The SMILES string of the molecule is CC(=O)SCCCCCC(F)(F)CF. The summed E-state index contributed by atoms with van der Waals surface area (Å²) in [4.78, 5) is 10.5. The van der Waals surface area contributed by atoms with E-state index < -0.39 is 19.0 Å². The number of carbonyl (C=O) groups is 1. The lowest BCUT2D eigenvalue weighted by atomic mass is 10.1. The summed E-state index contributed by atoms with van der Waals surface area (Å²) in [7, 11) is 0. The van der Waals surface area contributed by atoms with Crippen LogP contribution in [0.1, 0.15) is 32.6 Å². The van der Waals surface area contributed by atoms with E-state index in [9.17, 15) is 18.0 Å². The first-order valence-corrected chi connectivity index (χ1v) is 5.53. The van der Waals surface area contributed by atoms with Crippen molar-refractivity contribution in [2.45, 2.75) is 38.5 Å². The average Bonchev–Trinajstić information content (AvgIpc) is 2.10. The fourth-order valence-electron chi connectivity index (χ4n) is 0.945. The molecule has 5 heteroatoms. The summed E-state index contributed by atoms with van der Waals surface area (Å²) in [5.74, 6) is -2.50. The van der Waals surface area contributed by atoms with Crippen LogP contribution < -0.4 is 0 Å². The molecule has 0 aliphatic heterocycles. The predicted molar refractivity (Wildman–Crippen MR) is 52.5 cm³/mol. The van der Waals surface area contributed by atoms with Crippen molar-refractivity contribution in [2.75, 3.05) is 12.4 Å². The van der Waals surface area contributed by atoms with E-state index in [-0.39, 0.29) is 5.12 Å². The fraction of sp³-hybridized carbons (Fsp3) is 0.889. The molecule has 0 aromatic heterocycles. The number of hydrogen-bond donors (Lipinski definition) is 0. The summed E-state index contributed by atoms with van der Waals surface area (Å²) in [5.41, 5.74) is 0. The summed E-state index contributed by atoms with van der Waals surface area (Å²) in [6.45, 7) is -0.100. The van der Waals surface area contributed by atoms with Gasteiger partial charge >= 0.3 is 0 Å². The number of halogens is 3. The second-order valence-electron chi connectivity index (χ2n) is 3.14. The molecular weight excluding hydrogens is 213 g/mol. The highest BCUT2D eigenvalue weighted by Gasteiger charge is 2.27. The Hall–Kier alpha value is -0.190. The molecule has 0 aliphatic carbocycles. The van der Waals surface area contributed by atoms with Crippen molar-refractivity contribution in [1.29, 1.82) is 0 Å². The van der Waals surface area contributed by atoms with Crippen LogP contribution in [0.5, 0.6) is 0 Å². The van der Waals surface area contributed by atoms with Crippen LogP contribution in [0.4, 0.5) is 13.2 Å². The largest absolute Gasteiger partial charge is 0.288 e. The molecule has 14 heavy (non-hydrogen) atoms. The molecule has 0 heterocycles. The maximum atomic E-state index is 12.4. The van der Waals surface area contributed by atoms with Crippen molar-refractivity contribution in [3.8, 4) is 0 Å². The molecule has 0 spiro atoms. The molecule has 0 N–H and O–H groups in total. The number of alkyl halides is 3. The second kappa shape index (κ2) is 7.15. The highest BCUT2D eigenvalue weighted by molar-refractivity contribution is 8.13. The Morgan fingerprint density at radius 3 is 2.43 bits per heavy atom. The fourth-order valence-corrected chi connectivity index (χ4v) is 1.58. The third-order valence-corrected chi connectivity index (χ3v) is 2.59. The van der Waals surface area contributed by atoms with Gasteiger partial charge in [0.1, 0.15) is 0 Å². The molecule has 0 aromatic rings. The van der Waals surface area contributed by atoms with Crippen LogP contribution in [0.3, 0.4) is 0 Å². The van der Waals surface area contributed by atoms with Gasteiger partial charge < -0.3 is 0 Å². The van der Waals surface area contributed by atoms with Gasteiger partial charge in [0, 0.05) is 19.1 Å². The maximum Gasteiger partial charge on any atom is 0.275 e. The first-order valence-electron chi connectivity index (χ1n) is 4.55. The van der Waals surface area contributed by atoms with Gasteiger partial charge in [-0.25, -0.2) is 13.2 Å². The van der Waals surface area contributed by atoms with E-state index in [0.29, 0.717) is 18.6 Å². The quantitative estimate of drug-likeness (QED) is 0.621. The smallest absolute Gasteiger partial charge is 0.275 e. The van der Waals surface area contributed by atoms with E-state index in [1.165, 1.54) is 18.7 Å². The monoisotopic (exact) mass is 228 g/mol. The first-order chi connectivity index (χ1) is 6.48. The summed E-state index contributed by atoms with van der Waals surface area (Å²) in [6.07, 6.45) is 1.27. The van der Waals surface area contributed by atoms with Crippen molar-refractivity contribution in [3.05, 3.63) is 0 Å². The van der Waals surface area contributed by atoms with Gasteiger partial charge in [-0.1, -0.05) is 18.2 Å². The lowest BCUT2D eigenvalue weighted by Crippen LogP contribution is -2.18. The van der Waals surface area contributed by atoms with E-state index in [2.05, 4.69) is 0 Å². The number of hydrogen-bond acceptors (Lipinski definition) is 2. The zero-order valence-electron chi connectivity index (χ0n) is 8.19. The van der Waals surface area contributed by atoms with Crippen LogP contribution in [0.2, 0.25) is 0 Å². The normalized spacial score (nSPS) is 11.7. The molecule has 0 amide bonds. The van der Waals surface area contributed by atoms with Crippen molar-refractivity contribution < 1.29 is 18.0 Å². The molecule has 0 atom stereocenters. The van der Waals surface area contributed by atoms with Gasteiger partial charge in [0.2, 0.25) is 0 Å². The maximum absolute atomic E-state index is 12.4. The molecule has 0 fully saturated rings. The minimum Gasteiger partial charge on any atom is -0.288 e. The Kier molecular flexibility index (Phi) is 7.05. The molecule has 0 radical (unpaired) electrons. The van der Waals surface area contributed by atoms with Gasteiger partial charge in [-0.2, -0.15) is 0 Å². The second-order valence-corrected chi connectivity index (χ2v) is 4.41. The van der Waals surface area contributed by atoms with Crippen LogP contribution in [0.15, 0.2) is 0 Å². The first kappa shape index (κ1) is 13.8. The third kappa shape index (κ3) is 8.41. The lowest BCUT2D eigenvalue weighted by Gasteiger charge is -2.10. The highest BCUT2D eigenvalue weighted by Crippen LogP contribution is 2.22. The molecular formula is C9H15F3OS. The molecule has 0 rings (SSSR count). The van der Waals surface area contributed by atoms with Crippen LogP contribution in [-0.4, -0.2) is 23.5 Å². The minimum absolute atomic E-state index is 0.0408. The standard InChI is InChI=1S/C9H15F3OS/c1-8(13)14-6-4-2-3-5-9(11,12)7-10/h2-7H2,1H3. The third-order valence-electron chi connectivity index (χ3n) is 1.69. The van der Waals surface area contributed by atoms with Crippen LogP contribution in [0.25, 0.3) is 0 Å². The topological polar surface area (TPSA) is 17.1 Å². The van der Waals surface area contributed by atoms with Crippen LogP contribution in [0, 0.1) is 0 Å². The molecule has 84 valence electrons. The van der Waals surface area contributed by atoms with Gasteiger partial charge in [0.15, 0.2) is 11.8 Å². The van der Waals surface area contributed by atoms with Crippen molar-refractivity contribution in [2.24, 2.45) is 0 Å². The summed E-state index contributed by atoms with van der Waals surface area (Å²) in [5, 5.41) is 0.0408. The molecule has 0 aliphatic rings. The van der Waals surface area contributed by atoms with Gasteiger partial charge in [-0.05, 0) is 12.8 Å². The Morgan fingerprint density at radius 2 is 1.93 bits per heavy atom. The molecule has 0 unspecified atom stereocenters. The number of carbonyl (C=O) groups excluding carboxylic acids is 1. The minimum atomic E-state index is -3.16. The summed E-state index contributed by atoms with van der Waals surface area (Å²) in [6, 6.07) is 0. The predicted octanol–water partition coefficient (Wildman–Crippen LogP) is 3.43. The Labute approximate surface area is 86.4 Å². The van der Waals surface area contributed by atoms with E-state index in [1.807, 2.05) is 0 Å². The van der Waals surface area contributed by atoms with Crippen molar-refractivity contribution in [1.82, 2.24) is 0 Å². The van der Waals surface area contributed by atoms with Crippen molar-refractivity contribution >= 4 is 16.9 Å². The van der Waals surface area contributed by atoms with Crippen LogP contribution in [-0.2, 0) is 4.79 Å². The summed E-state index contributed by atoms with van der Waals surface area (Å²) < 4.78 is 36.4. The average molecular weight is 228 g/mol. The Bertz CT molecular complexity index is 173. The number of thioether (sulfide) groups is 1. The molecule has 0 saturated carbocycles. The van der Waals surface area contributed by atoms with Gasteiger partial charge in [0.25, 0.3) is 5.92 Å². The van der Waals surface area contributed by atoms with Crippen LogP contribution >= 0.6 is 11.8 Å². The molecule has 0 aromatic carbocycles.